The lowest BCUT2D eigenvalue weighted by molar-refractivity contribution is 0.294. The van der Waals surface area contributed by atoms with Crippen LogP contribution in [0.5, 0.6) is 0 Å². The summed E-state index contributed by atoms with van der Waals surface area (Å²) in [6.45, 7) is 11.8. The maximum absolute atomic E-state index is 2.39. The van der Waals surface area contributed by atoms with Gasteiger partial charge in [0.25, 0.3) is 0 Å². The molecule has 72 valence electrons. The number of rotatable bonds is 4. The maximum Gasteiger partial charge on any atom is -0.0246 e. The van der Waals surface area contributed by atoms with Gasteiger partial charge in [0, 0.05) is 0 Å². The molecule has 1 aliphatic rings. The smallest absolute Gasteiger partial charge is 0.0246 e. The molecule has 1 saturated carbocycles. The minimum Gasteiger partial charge on any atom is -0.0648 e. The van der Waals surface area contributed by atoms with Crippen LogP contribution < -0.4 is 0 Å². The first kappa shape index (κ1) is 10.1. The fourth-order valence-electron chi connectivity index (χ4n) is 2.84. The Morgan fingerprint density at radius 2 is 1.83 bits per heavy atom. The first-order valence-corrected chi connectivity index (χ1v) is 5.53. The maximum atomic E-state index is 2.39. The molecule has 0 aromatic carbocycles. The summed E-state index contributed by atoms with van der Waals surface area (Å²) >= 11 is 0. The van der Waals surface area contributed by atoms with Crippen LogP contribution in [0.1, 0.15) is 53.9 Å². The quantitative estimate of drug-likeness (QED) is 0.592. The molecule has 0 heterocycles. The zero-order chi connectivity index (χ0) is 9.35. The Hall–Kier alpha value is 0. The second-order valence-electron chi connectivity index (χ2n) is 5.27. The highest BCUT2D eigenvalue weighted by Gasteiger charge is 2.53. The molecule has 1 fully saturated rings. The second-order valence-corrected chi connectivity index (χ2v) is 5.27. The molecule has 1 aliphatic carbocycles. The lowest BCUT2D eigenvalue weighted by Gasteiger charge is -2.20. The van der Waals surface area contributed by atoms with E-state index in [2.05, 4.69) is 34.6 Å². The van der Waals surface area contributed by atoms with E-state index in [1.54, 1.807) is 0 Å². The zero-order valence-corrected chi connectivity index (χ0v) is 9.35. The van der Waals surface area contributed by atoms with Crippen LogP contribution in [0.2, 0.25) is 0 Å². The lowest BCUT2D eigenvalue weighted by Crippen LogP contribution is -2.12. The summed E-state index contributed by atoms with van der Waals surface area (Å²) in [7, 11) is 0. The predicted octanol–water partition coefficient (Wildman–Crippen LogP) is 4.10. The van der Waals surface area contributed by atoms with Crippen molar-refractivity contribution in [2.75, 3.05) is 0 Å². The average molecular weight is 168 g/mol. The van der Waals surface area contributed by atoms with Gasteiger partial charge < -0.3 is 0 Å². The molecule has 0 amide bonds. The van der Waals surface area contributed by atoms with Crippen molar-refractivity contribution in [3.8, 4) is 0 Å². The largest absolute Gasteiger partial charge is 0.0648 e. The Morgan fingerprint density at radius 3 is 2.08 bits per heavy atom. The van der Waals surface area contributed by atoms with E-state index >= 15 is 0 Å². The molecule has 0 aliphatic heterocycles. The van der Waals surface area contributed by atoms with E-state index < -0.39 is 0 Å². The van der Waals surface area contributed by atoms with Crippen LogP contribution in [0.15, 0.2) is 0 Å². The number of hydrogen-bond donors (Lipinski definition) is 0. The minimum absolute atomic E-state index is 0.740. The normalized spacial score (nSPS) is 34.8. The molecule has 0 heteroatoms. The van der Waals surface area contributed by atoms with E-state index in [0.29, 0.717) is 0 Å². The van der Waals surface area contributed by atoms with Crippen LogP contribution in [-0.2, 0) is 0 Å². The molecule has 0 aromatic heterocycles. The van der Waals surface area contributed by atoms with Crippen LogP contribution in [0.3, 0.4) is 0 Å². The molecular formula is C12H24. The molecule has 0 bridgehead atoms. The van der Waals surface area contributed by atoms with Crippen LogP contribution in [0, 0.1) is 23.2 Å². The molecule has 2 atom stereocenters. The van der Waals surface area contributed by atoms with Gasteiger partial charge in [-0.05, 0) is 42.4 Å². The minimum atomic E-state index is 0.740. The van der Waals surface area contributed by atoms with Crippen molar-refractivity contribution >= 4 is 0 Å². The van der Waals surface area contributed by atoms with Crippen molar-refractivity contribution in [2.24, 2.45) is 23.2 Å². The molecule has 12 heavy (non-hydrogen) atoms. The molecule has 0 nitrogen and oxygen atoms in total. The van der Waals surface area contributed by atoms with Crippen molar-refractivity contribution in [3.05, 3.63) is 0 Å². The zero-order valence-electron chi connectivity index (χ0n) is 9.35. The summed E-state index contributed by atoms with van der Waals surface area (Å²) in [6, 6.07) is 0. The fourth-order valence-corrected chi connectivity index (χ4v) is 2.84. The second kappa shape index (κ2) is 3.40. The highest BCUT2D eigenvalue weighted by atomic mass is 14.6. The Balaban J connectivity index is 2.44. The molecule has 1 rings (SSSR count). The van der Waals surface area contributed by atoms with Gasteiger partial charge in [-0.2, -0.15) is 0 Å². The van der Waals surface area contributed by atoms with Gasteiger partial charge in [-0.25, -0.2) is 0 Å². The Labute approximate surface area is 77.7 Å². The van der Waals surface area contributed by atoms with E-state index in [-0.39, 0.29) is 0 Å². The monoisotopic (exact) mass is 168 g/mol. The van der Waals surface area contributed by atoms with Crippen LogP contribution in [-0.4, -0.2) is 0 Å². The first-order chi connectivity index (χ1) is 5.53. The third-order valence-electron chi connectivity index (χ3n) is 3.84. The summed E-state index contributed by atoms with van der Waals surface area (Å²) in [4.78, 5) is 0. The Bertz CT molecular complexity index is 146. The van der Waals surface area contributed by atoms with Gasteiger partial charge in [0.2, 0.25) is 0 Å². The number of hydrogen-bond acceptors (Lipinski definition) is 0. The predicted molar refractivity (Wildman–Crippen MR) is 55.1 cm³/mol. The van der Waals surface area contributed by atoms with Crippen molar-refractivity contribution < 1.29 is 0 Å². The fraction of sp³-hybridized carbons (Fsp3) is 1.00. The van der Waals surface area contributed by atoms with Gasteiger partial charge in [-0.1, -0.05) is 34.6 Å². The highest BCUT2D eigenvalue weighted by Crippen LogP contribution is 2.62. The van der Waals surface area contributed by atoms with Crippen molar-refractivity contribution in [3.63, 3.8) is 0 Å². The van der Waals surface area contributed by atoms with Crippen LogP contribution in [0.25, 0.3) is 0 Å². The van der Waals surface area contributed by atoms with E-state index in [1.165, 1.54) is 19.3 Å². The van der Waals surface area contributed by atoms with E-state index in [1.807, 2.05) is 0 Å². The van der Waals surface area contributed by atoms with Gasteiger partial charge in [0.15, 0.2) is 0 Å². The van der Waals surface area contributed by atoms with Gasteiger partial charge in [0.05, 0.1) is 0 Å². The van der Waals surface area contributed by atoms with Gasteiger partial charge >= 0.3 is 0 Å². The third-order valence-corrected chi connectivity index (χ3v) is 3.84. The summed E-state index contributed by atoms with van der Waals surface area (Å²) < 4.78 is 0. The Morgan fingerprint density at radius 1 is 1.25 bits per heavy atom. The molecule has 0 radical (unpaired) electrons. The summed E-state index contributed by atoms with van der Waals surface area (Å²) in [6.07, 6.45) is 4.34. The van der Waals surface area contributed by atoms with Gasteiger partial charge in [-0.15, -0.1) is 0 Å². The van der Waals surface area contributed by atoms with E-state index in [0.717, 1.165) is 23.2 Å². The van der Waals surface area contributed by atoms with Gasteiger partial charge in [-0.3, -0.25) is 0 Å². The lowest BCUT2D eigenvalue weighted by atomic mass is 9.85. The van der Waals surface area contributed by atoms with E-state index in [4.69, 9.17) is 0 Å². The summed E-state index contributed by atoms with van der Waals surface area (Å²) in [5.41, 5.74) is 0.740. The van der Waals surface area contributed by atoms with Gasteiger partial charge in [0.1, 0.15) is 0 Å². The summed E-state index contributed by atoms with van der Waals surface area (Å²) in [5, 5.41) is 0. The topological polar surface area (TPSA) is 0 Å². The molecule has 0 saturated heterocycles. The molecule has 0 N–H and O–H groups in total. The molecular weight excluding hydrogens is 144 g/mol. The molecule has 0 spiro atoms. The van der Waals surface area contributed by atoms with E-state index in [9.17, 15) is 0 Å². The van der Waals surface area contributed by atoms with Crippen molar-refractivity contribution in [1.29, 1.82) is 0 Å². The van der Waals surface area contributed by atoms with Crippen LogP contribution in [0.4, 0.5) is 0 Å². The first-order valence-electron chi connectivity index (χ1n) is 5.53. The highest BCUT2D eigenvalue weighted by molar-refractivity contribution is 5.03. The van der Waals surface area contributed by atoms with Crippen molar-refractivity contribution in [1.82, 2.24) is 0 Å². The van der Waals surface area contributed by atoms with Crippen molar-refractivity contribution in [2.45, 2.75) is 53.9 Å². The molecule has 0 aromatic rings. The van der Waals surface area contributed by atoms with Crippen LogP contribution >= 0.6 is 0 Å². The third kappa shape index (κ3) is 1.67. The SMILES string of the molecule is CCC1(C(C)C)CC1CC(C)C. The average Bonchev–Trinajstić information content (AvgIpc) is 2.62. The Kier molecular flexibility index (Phi) is 2.85. The summed E-state index contributed by atoms with van der Waals surface area (Å²) in [5.74, 6) is 2.83. The standard InChI is InChI=1S/C12H24/c1-6-12(10(4)5)8-11(12)7-9(2)3/h9-11H,6-8H2,1-5H3. The molecule has 2 unspecified atom stereocenters.